The van der Waals surface area contributed by atoms with Crippen molar-refractivity contribution in [3.63, 3.8) is 0 Å². The molecule has 0 spiro atoms. The highest BCUT2D eigenvalue weighted by atomic mass is 16.3. The van der Waals surface area contributed by atoms with Crippen LogP contribution in [0, 0.1) is 0 Å². The average Bonchev–Trinajstić information content (AvgIpc) is 3.47. The SMILES string of the molecule is CCCCCCCCCC/C=C\CCCCCCCCCCCCCCCCCCCCCCCCCCCCCC(=O)NC(CO)C(O)/C=C/CC/C=C/CC/C=C/CCCCCCCCCCCCCCCCCCCCCC. The summed E-state index contributed by atoms with van der Waals surface area (Å²) >= 11 is 0. The van der Waals surface area contributed by atoms with E-state index in [1.807, 2.05) is 6.08 Å². The monoisotopic (exact) mass is 1130 g/mol. The molecule has 0 aromatic rings. The zero-order valence-electron chi connectivity index (χ0n) is 55.3. The smallest absolute Gasteiger partial charge is 0.220 e. The maximum atomic E-state index is 12.5. The van der Waals surface area contributed by atoms with Crippen molar-refractivity contribution in [1.29, 1.82) is 0 Å². The van der Waals surface area contributed by atoms with Crippen molar-refractivity contribution >= 4 is 5.91 Å². The highest BCUT2D eigenvalue weighted by Gasteiger charge is 2.18. The Labute approximate surface area is 509 Å². The van der Waals surface area contributed by atoms with Gasteiger partial charge in [0.25, 0.3) is 0 Å². The summed E-state index contributed by atoms with van der Waals surface area (Å²) in [5.74, 6) is -0.0697. The lowest BCUT2D eigenvalue weighted by atomic mass is 10.0. The largest absolute Gasteiger partial charge is 0.394 e. The van der Waals surface area contributed by atoms with E-state index < -0.39 is 12.1 Å². The van der Waals surface area contributed by atoms with E-state index in [1.54, 1.807) is 6.08 Å². The lowest BCUT2D eigenvalue weighted by Gasteiger charge is -2.19. The zero-order valence-corrected chi connectivity index (χ0v) is 55.3. The second kappa shape index (κ2) is 72.6. The minimum atomic E-state index is -0.872. The van der Waals surface area contributed by atoms with Gasteiger partial charge in [0, 0.05) is 6.42 Å². The first-order valence-electron chi connectivity index (χ1n) is 37.4. The van der Waals surface area contributed by atoms with Crippen LogP contribution < -0.4 is 5.32 Å². The second-order valence-electron chi connectivity index (χ2n) is 25.7. The summed E-state index contributed by atoms with van der Waals surface area (Å²) in [6.45, 7) is 4.34. The molecular formula is C77H147NO3. The third-order valence-electron chi connectivity index (χ3n) is 17.5. The number of carbonyl (C=O) groups is 1. The Morgan fingerprint density at radius 1 is 0.284 bits per heavy atom. The van der Waals surface area contributed by atoms with Crippen molar-refractivity contribution in [2.24, 2.45) is 0 Å². The van der Waals surface area contributed by atoms with Gasteiger partial charge in [-0.05, 0) is 70.6 Å². The molecule has 0 aromatic heterocycles. The maximum Gasteiger partial charge on any atom is 0.220 e. The number of nitrogens with one attached hydrogen (secondary N) is 1. The predicted molar refractivity (Wildman–Crippen MR) is 364 cm³/mol. The number of amides is 1. The number of carbonyl (C=O) groups excluding carboxylic acids is 1. The van der Waals surface area contributed by atoms with Crippen LogP contribution in [0.15, 0.2) is 48.6 Å². The van der Waals surface area contributed by atoms with Gasteiger partial charge in [-0.15, -0.1) is 0 Å². The molecule has 0 aliphatic carbocycles. The summed E-state index contributed by atoms with van der Waals surface area (Å²) in [5, 5.41) is 23.3. The van der Waals surface area contributed by atoms with Gasteiger partial charge < -0.3 is 15.5 Å². The first-order valence-corrected chi connectivity index (χ1v) is 37.4. The van der Waals surface area contributed by atoms with Gasteiger partial charge in [0.05, 0.1) is 18.8 Å². The van der Waals surface area contributed by atoms with Crippen molar-refractivity contribution in [3.8, 4) is 0 Å². The van der Waals surface area contributed by atoms with Gasteiger partial charge in [-0.25, -0.2) is 0 Å². The average molecular weight is 1140 g/mol. The van der Waals surface area contributed by atoms with Crippen LogP contribution in [0.2, 0.25) is 0 Å². The molecule has 81 heavy (non-hydrogen) atoms. The Morgan fingerprint density at radius 2 is 0.481 bits per heavy atom. The third-order valence-corrected chi connectivity index (χ3v) is 17.5. The molecular weight excluding hydrogens is 987 g/mol. The molecule has 0 heterocycles. The van der Waals surface area contributed by atoms with Crippen molar-refractivity contribution in [3.05, 3.63) is 48.6 Å². The summed E-state index contributed by atoms with van der Waals surface area (Å²) < 4.78 is 0. The first kappa shape index (κ1) is 79.3. The quantitative estimate of drug-likeness (QED) is 0.0420. The second-order valence-corrected chi connectivity index (χ2v) is 25.7. The van der Waals surface area contributed by atoms with Crippen LogP contribution >= 0.6 is 0 Å². The van der Waals surface area contributed by atoms with Gasteiger partial charge >= 0.3 is 0 Å². The van der Waals surface area contributed by atoms with E-state index >= 15 is 0 Å². The van der Waals surface area contributed by atoms with Gasteiger partial charge in [0.15, 0.2) is 0 Å². The van der Waals surface area contributed by atoms with Gasteiger partial charge in [0.2, 0.25) is 5.91 Å². The Balaban J connectivity index is 3.44. The minimum Gasteiger partial charge on any atom is -0.394 e. The van der Waals surface area contributed by atoms with E-state index in [4.69, 9.17) is 0 Å². The van der Waals surface area contributed by atoms with Gasteiger partial charge in [-0.3, -0.25) is 4.79 Å². The standard InChI is InChI=1S/C77H147NO3/c1-3-5-7-9-11-13-15-17-19-21-23-25-27-29-31-33-35-36-37-38-39-40-41-42-43-45-47-49-51-53-55-57-59-61-63-65-67-69-71-73-77(81)78-75(74-79)76(80)72-70-68-66-64-62-60-58-56-54-52-50-48-46-44-34-32-30-28-26-24-22-20-18-16-14-12-10-8-6-4-2/h21,23,54,56,62,64,70,72,75-76,79-80H,3-20,22,24-53,55,57-61,63,65-69,71,73-74H2,1-2H3,(H,78,81)/b23-21-,56-54+,64-62+,72-70+. The number of allylic oxidation sites excluding steroid dienone is 7. The molecule has 478 valence electrons. The highest BCUT2D eigenvalue weighted by Crippen LogP contribution is 2.19. The fraction of sp³-hybridized carbons (Fsp3) is 0.883. The number of rotatable bonds is 70. The van der Waals surface area contributed by atoms with Crippen molar-refractivity contribution in [2.45, 2.75) is 431 Å². The molecule has 2 atom stereocenters. The van der Waals surface area contributed by atoms with Gasteiger partial charge in [0.1, 0.15) is 0 Å². The maximum absolute atomic E-state index is 12.5. The summed E-state index contributed by atoms with van der Waals surface area (Å²) in [4.78, 5) is 12.5. The van der Waals surface area contributed by atoms with Crippen LogP contribution in [0.1, 0.15) is 418 Å². The molecule has 0 aromatic carbocycles. The predicted octanol–water partition coefficient (Wildman–Crippen LogP) is 25.7. The molecule has 0 radical (unpaired) electrons. The Morgan fingerprint density at radius 3 is 0.716 bits per heavy atom. The van der Waals surface area contributed by atoms with Crippen molar-refractivity contribution in [2.75, 3.05) is 6.61 Å². The molecule has 0 rings (SSSR count). The number of aliphatic hydroxyl groups is 2. The minimum absolute atomic E-state index is 0.0697. The van der Waals surface area contributed by atoms with E-state index in [9.17, 15) is 15.0 Å². The van der Waals surface area contributed by atoms with E-state index in [0.717, 1.165) is 38.5 Å². The van der Waals surface area contributed by atoms with Crippen LogP contribution in [-0.2, 0) is 4.79 Å². The van der Waals surface area contributed by atoms with E-state index in [1.165, 1.54) is 360 Å². The molecule has 4 heteroatoms. The van der Waals surface area contributed by atoms with Crippen LogP contribution in [-0.4, -0.2) is 34.9 Å². The molecule has 3 N–H and O–H groups in total. The van der Waals surface area contributed by atoms with Crippen molar-refractivity contribution in [1.82, 2.24) is 5.32 Å². The third kappa shape index (κ3) is 69.0. The summed E-state index contributed by atoms with van der Waals surface area (Å²) in [5.41, 5.74) is 0. The fourth-order valence-corrected chi connectivity index (χ4v) is 11.9. The van der Waals surface area contributed by atoms with E-state index in [2.05, 4.69) is 55.6 Å². The molecule has 1 amide bonds. The molecule has 4 nitrogen and oxygen atoms in total. The van der Waals surface area contributed by atoms with Crippen LogP contribution in [0.3, 0.4) is 0 Å². The summed E-state index contributed by atoms with van der Waals surface area (Å²) in [6.07, 6.45) is 102. The van der Waals surface area contributed by atoms with Gasteiger partial charge in [-0.2, -0.15) is 0 Å². The Bertz CT molecular complexity index is 1290. The molecule has 0 saturated carbocycles. The van der Waals surface area contributed by atoms with Crippen LogP contribution in [0.5, 0.6) is 0 Å². The first-order chi connectivity index (χ1) is 40.2. The van der Waals surface area contributed by atoms with Gasteiger partial charge in [-0.1, -0.05) is 390 Å². The molecule has 2 unspecified atom stereocenters. The molecule has 0 aliphatic heterocycles. The molecule has 0 bridgehead atoms. The topological polar surface area (TPSA) is 69.6 Å². The highest BCUT2D eigenvalue weighted by molar-refractivity contribution is 5.76. The van der Waals surface area contributed by atoms with E-state index in [-0.39, 0.29) is 12.5 Å². The van der Waals surface area contributed by atoms with Crippen molar-refractivity contribution < 1.29 is 15.0 Å². The molecule has 0 fully saturated rings. The summed E-state index contributed by atoms with van der Waals surface area (Å²) in [6, 6.07) is -0.647. The zero-order chi connectivity index (χ0) is 58.4. The number of unbranched alkanes of at least 4 members (excludes halogenated alkanes) is 57. The molecule has 0 aliphatic rings. The number of aliphatic hydroxyl groups excluding tert-OH is 2. The van der Waals surface area contributed by atoms with E-state index in [0.29, 0.717) is 6.42 Å². The van der Waals surface area contributed by atoms with Crippen LogP contribution in [0.4, 0.5) is 0 Å². The Kier molecular flexibility index (Phi) is 71.1. The fourth-order valence-electron chi connectivity index (χ4n) is 11.9. The summed E-state index contributed by atoms with van der Waals surface area (Å²) in [7, 11) is 0. The Hall–Kier alpha value is -1.65. The van der Waals surface area contributed by atoms with Crippen LogP contribution in [0.25, 0.3) is 0 Å². The molecule has 0 saturated heterocycles. The normalized spacial score (nSPS) is 12.9. The lowest BCUT2D eigenvalue weighted by Crippen LogP contribution is -2.45. The number of hydrogen-bond donors (Lipinski definition) is 3. The lowest BCUT2D eigenvalue weighted by molar-refractivity contribution is -0.123. The number of hydrogen-bond acceptors (Lipinski definition) is 3.